The molecule has 0 unspecified atom stereocenters. The van der Waals surface area contributed by atoms with Gasteiger partial charge >= 0.3 is 12.2 Å². The number of rotatable bonds is 4. The van der Waals surface area contributed by atoms with Gasteiger partial charge in [-0.3, -0.25) is 0 Å². The number of anilines is 2. The number of benzene rings is 2. The molecule has 1 saturated heterocycles. The Morgan fingerprint density at radius 3 is 2.31 bits per heavy atom. The van der Waals surface area contributed by atoms with E-state index in [9.17, 15) is 27.9 Å². The monoisotopic (exact) mass is 650 g/mol. The summed E-state index contributed by atoms with van der Waals surface area (Å²) >= 11 is 0.690. The van der Waals surface area contributed by atoms with Crippen LogP contribution in [0.3, 0.4) is 0 Å². The second-order valence-electron chi connectivity index (χ2n) is 10.7. The van der Waals surface area contributed by atoms with E-state index in [0.29, 0.717) is 24.2 Å². The highest BCUT2D eigenvalue weighted by atomic mass is 32.1. The highest BCUT2D eigenvalue weighted by molar-refractivity contribution is 7.23. The molecule has 0 amide bonds. The normalized spacial score (nSPS) is 18.0. The molecule has 45 heavy (non-hydrogen) atoms. The van der Waals surface area contributed by atoms with Gasteiger partial charge in [-0.25, -0.2) is 8.78 Å². The van der Waals surface area contributed by atoms with Crippen molar-refractivity contribution in [1.29, 1.82) is 5.26 Å². The lowest BCUT2D eigenvalue weighted by Gasteiger charge is -2.39. The quantitative estimate of drug-likeness (QED) is 0.228. The van der Waals surface area contributed by atoms with Crippen molar-refractivity contribution in [2.24, 2.45) is 0 Å². The molecule has 8 nitrogen and oxygen atoms in total. The highest BCUT2D eigenvalue weighted by Crippen LogP contribution is 2.48. The number of aliphatic hydroxyl groups is 1. The number of fused-ring (bicyclic) bond motifs is 2. The molecular formula is C31H35F5N6O2S. The number of nitriles is 1. The summed E-state index contributed by atoms with van der Waals surface area (Å²) in [7, 11) is 4.98. The molecule has 0 spiro atoms. The van der Waals surface area contributed by atoms with Crippen LogP contribution in [0.25, 0.3) is 32.1 Å². The van der Waals surface area contributed by atoms with Gasteiger partial charge in [-0.15, -0.1) is 11.3 Å². The molecule has 2 fully saturated rings. The van der Waals surface area contributed by atoms with Crippen LogP contribution >= 0.6 is 11.3 Å². The number of nitrogens with zero attached hydrogens (tertiary/aromatic N) is 5. The number of thiophene rings is 1. The average molecular weight is 651 g/mol. The first-order valence-corrected chi connectivity index (χ1v) is 15.3. The minimum atomic E-state index is -5.04. The summed E-state index contributed by atoms with van der Waals surface area (Å²) in [6, 6.07) is 3.90. The zero-order chi connectivity index (χ0) is 33.2. The van der Waals surface area contributed by atoms with Gasteiger partial charge in [0.1, 0.15) is 28.2 Å². The first-order chi connectivity index (χ1) is 21.3. The third kappa shape index (κ3) is 6.61. The predicted molar refractivity (Wildman–Crippen MR) is 166 cm³/mol. The molecule has 6 rings (SSSR count). The third-order valence-electron chi connectivity index (χ3n) is 7.88. The average Bonchev–Trinajstić information content (AvgIpc) is 3.62. The lowest BCUT2D eigenvalue weighted by molar-refractivity contribution is -0.137. The number of aromatic nitrogens is 2. The van der Waals surface area contributed by atoms with Crippen molar-refractivity contribution in [3.8, 4) is 23.2 Å². The largest absolute Gasteiger partial charge is 0.467 e. The van der Waals surface area contributed by atoms with E-state index in [4.69, 9.17) is 10.5 Å². The summed E-state index contributed by atoms with van der Waals surface area (Å²) in [5.41, 5.74) is 2.55. The second kappa shape index (κ2) is 13.7. The standard InChI is InChI=1S/C24H18F5N5O2S.C5H11N.C2H6/c1-34(9-5-10(35)6-9)22-12-7-14(24(27,28)29)17(18(26)19(12)32-23(33-22)36-2)11-3-4-15(25)20-16(11)13(8-30)21(31)37-20;1-6-4-2-3-5-6;1-2/h3-4,7,9-10,35H,5-6,31H2,1-2H3;2-5H2,1H3;1-2H3. The molecule has 242 valence electrons. The summed E-state index contributed by atoms with van der Waals surface area (Å²) < 4.78 is 79.0. The molecule has 4 aromatic rings. The molecule has 3 N–H and O–H groups in total. The van der Waals surface area contributed by atoms with Crippen LogP contribution in [0.5, 0.6) is 6.01 Å². The second-order valence-corrected chi connectivity index (χ2v) is 11.7. The maximum Gasteiger partial charge on any atom is 0.417 e. The molecular weight excluding hydrogens is 615 g/mol. The van der Waals surface area contributed by atoms with E-state index in [0.717, 1.165) is 18.2 Å². The van der Waals surface area contributed by atoms with Crippen LogP contribution in [-0.4, -0.2) is 66.4 Å². The Morgan fingerprint density at radius 2 is 1.80 bits per heavy atom. The van der Waals surface area contributed by atoms with Crippen LogP contribution in [0.15, 0.2) is 18.2 Å². The number of ether oxygens (including phenoxy) is 1. The molecule has 14 heteroatoms. The van der Waals surface area contributed by atoms with E-state index in [-0.39, 0.29) is 49.5 Å². The van der Waals surface area contributed by atoms with Crippen molar-refractivity contribution in [3.63, 3.8) is 0 Å². The fourth-order valence-electron chi connectivity index (χ4n) is 5.47. The van der Waals surface area contributed by atoms with E-state index in [1.807, 2.05) is 13.8 Å². The number of alkyl halides is 3. The van der Waals surface area contributed by atoms with Crippen molar-refractivity contribution in [1.82, 2.24) is 14.9 Å². The topological polar surface area (TPSA) is 112 Å². The van der Waals surface area contributed by atoms with Crippen molar-refractivity contribution in [2.75, 3.05) is 44.9 Å². The van der Waals surface area contributed by atoms with Crippen molar-refractivity contribution < 1.29 is 31.8 Å². The van der Waals surface area contributed by atoms with Crippen LogP contribution in [0.4, 0.5) is 32.8 Å². The van der Waals surface area contributed by atoms with E-state index >= 15 is 4.39 Å². The number of likely N-dealkylation sites (tertiary alicyclic amines) is 1. The third-order valence-corrected chi connectivity index (χ3v) is 8.90. The van der Waals surface area contributed by atoms with Crippen molar-refractivity contribution in [2.45, 2.75) is 57.9 Å². The van der Waals surface area contributed by atoms with Crippen LogP contribution < -0.4 is 15.4 Å². The summed E-state index contributed by atoms with van der Waals surface area (Å²) in [6.07, 6.45) is -2.04. The van der Waals surface area contributed by atoms with E-state index < -0.39 is 40.6 Å². The van der Waals surface area contributed by atoms with E-state index in [1.54, 1.807) is 18.0 Å². The minimum Gasteiger partial charge on any atom is -0.467 e. The molecule has 2 aliphatic rings. The zero-order valence-electron chi connectivity index (χ0n) is 25.6. The maximum atomic E-state index is 16.2. The lowest BCUT2D eigenvalue weighted by atomic mass is 9.88. The van der Waals surface area contributed by atoms with Crippen molar-refractivity contribution in [3.05, 3.63) is 41.0 Å². The highest BCUT2D eigenvalue weighted by Gasteiger charge is 2.39. The number of methoxy groups -OCH3 is 1. The smallest absolute Gasteiger partial charge is 0.417 e. The number of aliphatic hydroxyl groups excluding tert-OH is 1. The summed E-state index contributed by atoms with van der Waals surface area (Å²) in [5, 5.41) is 18.7. The number of nitrogens with two attached hydrogens (primary N) is 1. The van der Waals surface area contributed by atoms with Crippen LogP contribution in [0.2, 0.25) is 0 Å². The van der Waals surface area contributed by atoms with Gasteiger partial charge in [0, 0.05) is 29.4 Å². The molecule has 2 aromatic carbocycles. The predicted octanol–water partition coefficient (Wildman–Crippen LogP) is 6.97. The number of hydrogen-bond acceptors (Lipinski definition) is 9. The Hall–Kier alpha value is -3.80. The van der Waals surface area contributed by atoms with E-state index in [2.05, 4.69) is 21.9 Å². The van der Waals surface area contributed by atoms with Gasteiger partial charge in [0.2, 0.25) is 0 Å². The van der Waals surface area contributed by atoms with Gasteiger partial charge in [-0.2, -0.15) is 28.4 Å². The summed E-state index contributed by atoms with van der Waals surface area (Å²) in [5.74, 6) is -2.14. The zero-order valence-corrected chi connectivity index (χ0v) is 26.4. The van der Waals surface area contributed by atoms with Gasteiger partial charge in [-0.1, -0.05) is 19.9 Å². The maximum absolute atomic E-state index is 16.2. The van der Waals surface area contributed by atoms with Gasteiger partial charge in [0.25, 0.3) is 0 Å². The lowest BCUT2D eigenvalue weighted by Crippen LogP contribution is -2.45. The number of halogens is 5. The van der Waals surface area contributed by atoms with Crippen LogP contribution in [0.1, 0.15) is 50.7 Å². The summed E-state index contributed by atoms with van der Waals surface area (Å²) in [4.78, 5) is 12.1. The molecule has 0 atom stereocenters. The molecule has 0 radical (unpaired) electrons. The molecule has 2 aromatic heterocycles. The Balaban J connectivity index is 0.000000509. The van der Waals surface area contributed by atoms with Crippen molar-refractivity contribution >= 4 is 43.1 Å². The van der Waals surface area contributed by atoms with Crippen LogP contribution in [-0.2, 0) is 6.18 Å². The number of hydrogen-bond donors (Lipinski definition) is 2. The van der Waals surface area contributed by atoms with E-state index in [1.165, 1.54) is 33.0 Å². The number of nitrogen functional groups attached to an aromatic ring is 1. The molecule has 1 aliphatic heterocycles. The van der Waals surface area contributed by atoms with Gasteiger partial charge in [-0.05, 0) is 63.5 Å². The SMILES string of the molecule is CC.CN1CCCC1.COc1nc(N(C)C2CC(O)C2)c2cc(C(F)(F)F)c(-c3ccc(F)c4sc(N)c(C#N)c34)c(F)c2n1. The molecule has 3 heterocycles. The molecule has 1 aliphatic carbocycles. The molecule has 1 saturated carbocycles. The van der Waals surface area contributed by atoms with Gasteiger partial charge in [0.15, 0.2) is 5.82 Å². The fourth-order valence-corrected chi connectivity index (χ4v) is 6.42. The Bertz CT molecular complexity index is 1730. The fraction of sp³-hybridized carbons (Fsp3) is 0.452. The Kier molecular flexibility index (Phi) is 10.4. The Morgan fingerprint density at radius 1 is 1.16 bits per heavy atom. The van der Waals surface area contributed by atoms with Crippen LogP contribution in [0, 0.1) is 23.0 Å². The van der Waals surface area contributed by atoms with Gasteiger partial charge in [0.05, 0.1) is 29.0 Å². The minimum absolute atomic E-state index is 0.00329. The van der Waals surface area contributed by atoms with Gasteiger partial charge < -0.3 is 25.4 Å². The summed E-state index contributed by atoms with van der Waals surface area (Å²) in [6.45, 7) is 6.64. The molecule has 0 bridgehead atoms. The Labute approximate surface area is 261 Å². The first-order valence-electron chi connectivity index (χ1n) is 14.5. The first kappa shape index (κ1) is 34.1.